The van der Waals surface area contributed by atoms with Crippen molar-refractivity contribution in [3.63, 3.8) is 0 Å². The number of rotatable bonds is 6. The minimum absolute atomic E-state index is 0.0804. The third-order valence-corrected chi connectivity index (χ3v) is 3.28. The van der Waals surface area contributed by atoms with Gasteiger partial charge in [-0.25, -0.2) is 0 Å². The van der Waals surface area contributed by atoms with Gasteiger partial charge in [-0.2, -0.15) is 0 Å². The molecular formula is C14H20N2O3. The standard InChI is InChI=1S/C14H20N2O3/c1-18-10-12(19-2)9-16-13(17)8-15-14(16)11-6-4-3-5-7-11/h3-7,12,14-15H,8-10H2,1-2H3. The monoisotopic (exact) mass is 264 g/mol. The number of hydrogen-bond acceptors (Lipinski definition) is 4. The third-order valence-electron chi connectivity index (χ3n) is 3.28. The summed E-state index contributed by atoms with van der Waals surface area (Å²) in [6.45, 7) is 1.36. The van der Waals surface area contributed by atoms with E-state index in [1.807, 2.05) is 35.2 Å². The van der Waals surface area contributed by atoms with E-state index in [9.17, 15) is 4.79 Å². The number of hydrogen-bond donors (Lipinski definition) is 1. The molecule has 2 atom stereocenters. The van der Waals surface area contributed by atoms with Gasteiger partial charge in [0, 0.05) is 14.2 Å². The van der Waals surface area contributed by atoms with Crippen LogP contribution in [0.15, 0.2) is 30.3 Å². The number of nitrogens with one attached hydrogen (secondary N) is 1. The van der Waals surface area contributed by atoms with Gasteiger partial charge in [0.05, 0.1) is 25.8 Å². The summed E-state index contributed by atoms with van der Waals surface area (Å²) in [5, 5.41) is 3.22. The Kier molecular flexibility index (Phi) is 4.90. The van der Waals surface area contributed by atoms with E-state index in [2.05, 4.69) is 5.32 Å². The van der Waals surface area contributed by atoms with Crippen LogP contribution in [0.2, 0.25) is 0 Å². The largest absolute Gasteiger partial charge is 0.382 e. The second-order valence-electron chi connectivity index (χ2n) is 4.55. The highest BCUT2D eigenvalue weighted by atomic mass is 16.5. The summed E-state index contributed by atoms with van der Waals surface area (Å²) in [6.07, 6.45) is -0.191. The zero-order valence-electron chi connectivity index (χ0n) is 11.3. The van der Waals surface area contributed by atoms with E-state index in [4.69, 9.17) is 9.47 Å². The highest BCUT2D eigenvalue weighted by molar-refractivity contribution is 5.81. The Morgan fingerprint density at radius 2 is 2.11 bits per heavy atom. The maximum Gasteiger partial charge on any atom is 0.238 e. The number of carbonyl (C=O) groups is 1. The van der Waals surface area contributed by atoms with Gasteiger partial charge in [-0.1, -0.05) is 30.3 Å². The molecule has 1 heterocycles. The van der Waals surface area contributed by atoms with Gasteiger partial charge in [-0.3, -0.25) is 10.1 Å². The third kappa shape index (κ3) is 3.32. The van der Waals surface area contributed by atoms with Gasteiger partial charge in [0.15, 0.2) is 0 Å². The van der Waals surface area contributed by atoms with E-state index in [0.29, 0.717) is 19.7 Å². The van der Waals surface area contributed by atoms with Gasteiger partial charge in [-0.15, -0.1) is 0 Å². The van der Waals surface area contributed by atoms with Gasteiger partial charge in [-0.05, 0) is 5.56 Å². The lowest BCUT2D eigenvalue weighted by Crippen LogP contribution is -2.39. The van der Waals surface area contributed by atoms with Crippen LogP contribution >= 0.6 is 0 Å². The summed E-state index contributed by atoms with van der Waals surface area (Å²) < 4.78 is 10.4. The number of methoxy groups -OCH3 is 2. The van der Waals surface area contributed by atoms with Crippen molar-refractivity contribution in [2.24, 2.45) is 0 Å². The lowest BCUT2D eigenvalue weighted by Gasteiger charge is -2.28. The molecular weight excluding hydrogens is 244 g/mol. The predicted octanol–water partition coefficient (Wildman–Crippen LogP) is 0.778. The minimum Gasteiger partial charge on any atom is -0.382 e. The zero-order chi connectivity index (χ0) is 13.7. The first kappa shape index (κ1) is 14.0. The first-order chi connectivity index (χ1) is 9.26. The summed E-state index contributed by atoms with van der Waals surface area (Å²) in [4.78, 5) is 13.8. The maximum absolute atomic E-state index is 12.0. The van der Waals surface area contributed by atoms with Crippen LogP contribution in [0.3, 0.4) is 0 Å². The molecule has 1 aromatic carbocycles. The van der Waals surface area contributed by atoms with E-state index in [1.165, 1.54) is 0 Å². The Hall–Kier alpha value is -1.43. The molecule has 2 unspecified atom stereocenters. The van der Waals surface area contributed by atoms with Gasteiger partial charge >= 0.3 is 0 Å². The lowest BCUT2D eigenvalue weighted by molar-refractivity contribution is -0.130. The number of amides is 1. The van der Waals surface area contributed by atoms with Crippen LogP contribution in [-0.4, -0.2) is 50.8 Å². The lowest BCUT2D eigenvalue weighted by atomic mass is 10.1. The number of carbonyl (C=O) groups excluding carboxylic acids is 1. The number of benzene rings is 1. The van der Waals surface area contributed by atoms with Crippen LogP contribution in [0.25, 0.3) is 0 Å². The van der Waals surface area contributed by atoms with Crippen LogP contribution in [0.4, 0.5) is 0 Å². The van der Waals surface area contributed by atoms with Crippen LogP contribution in [0.5, 0.6) is 0 Å². The van der Waals surface area contributed by atoms with Crippen molar-refractivity contribution >= 4 is 5.91 Å². The fraction of sp³-hybridized carbons (Fsp3) is 0.500. The molecule has 0 aromatic heterocycles. The molecule has 2 rings (SSSR count). The highest BCUT2D eigenvalue weighted by Crippen LogP contribution is 2.22. The Labute approximate surface area is 113 Å². The van der Waals surface area contributed by atoms with Crippen molar-refractivity contribution < 1.29 is 14.3 Å². The Bertz CT molecular complexity index is 410. The first-order valence-electron chi connectivity index (χ1n) is 6.35. The first-order valence-corrected chi connectivity index (χ1v) is 6.35. The van der Waals surface area contributed by atoms with E-state index < -0.39 is 0 Å². The van der Waals surface area contributed by atoms with E-state index in [0.717, 1.165) is 5.56 Å². The molecule has 1 aliphatic rings. The SMILES string of the molecule is COCC(CN1C(=O)CNC1c1ccccc1)OC. The van der Waals surface area contributed by atoms with Crippen molar-refractivity contribution in [1.82, 2.24) is 10.2 Å². The molecule has 1 aliphatic heterocycles. The summed E-state index contributed by atoms with van der Waals surface area (Å²) in [7, 11) is 3.26. The zero-order valence-corrected chi connectivity index (χ0v) is 11.3. The average molecular weight is 264 g/mol. The van der Waals surface area contributed by atoms with Crippen LogP contribution in [-0.2, 0) is 14.3 Å². The normalized spacial score (nSPS) is 20.8. The molecule has 0 saturated carbocycles. The van der Waals surface area contributed by atoms with Gasteiger partial charge in [0.2, 0.25) is 5.91 Å². The second-order valence-corrected chi connectivity index (χ2v) is 4.55. The minimum atomic E-state index is -0.111. The molecule has 0 bridgehead atoms. The molecule has 1 N–H and O–H groups in total. The number of ether oxygens (including phenoxy) is 2. The van der Waals surface area contributed by atoms with Crippen molar-refractivity contribution in [2.75, 3.05) is 33.9 Å². The smallest absolute Gasteiger partial charge is 0.238 e. The van der Waals surface area contributed by atoms with E-state index in [1.54, 1.807) is 14.2 Å². The van der Waals surface area contributed by atoms with Gasteiger partial charge in [0.25, 0.3) is 0 Å². The molecule has 5 heteroatoms. The fourth-order valence-electron chi connectivity index (χ4n) is 2.28. The van der Waals surface area contributed by atoms with Crippen molar-refractivity contribution in [1.29, 1.82) is 0 Å². The second kappa shape index (κ2) is 6.65. The van der Waals surface area contributed by atoms with Crippen molar-refractivity contribution in [3.05, 3.63) is 35.9 Å². The highest BCUT2D eigenvalue weighted by Gasteiger charge is 2.33. The van der Waals surface area contributed by atoms with Gasteiger partial charge in [0.1, 0.15) is 6.17 Å². The molecule has 0 aliphatic carbocycles. The summed E-state index contributed by atoms with van der Waals surface area (Å²) in [5.74, 6) is 0.0898. The molecule has 1 amide bonds. The van der Waals surface area contributed by atoms with Crippen LogP contribution in [0.1, 0.15) is 11.7 Å². The molecule has 5 nitrogen and oxygen atoms in total. The predicted molar refractivity (Wildman–Crippen MR) is 71.6 cm³/mol. The summed E-state index contributed by atoms with van der Waals surface area (Å²) in [5.41, 5.74) is 1.08. The topological polar surface area (TPSA) is 50.8 Å². The maximum atomic E-state index is 12.0. The van der Waals surface area contributed by atoms with Gasteiger partial charge < -0.3 is 14.4 Å². The fourth-order valence-corrected chi connectivity index (χ4v) is 2.28. The van der Waals surface area contributed by atoms with Crippen LogP contribution in [0, 0.1) is 0 Å². The summed E-state index contributed by atoms with van der Waals surface area (Å²) in [6, 6.07) is 9.94. The Morgan fingerprint density at radius 1 is 1.37 bits per heavy atom. The molecule has 104 valence electrons. The Balaban J connectivity index is 2.09. The summed E-state index contributed by atoms with van der Waals surface area (Å²) >= 11 is 0. The van der Waals surface area contributed by atoms with Crippen molar-refractivity contribution in [3.8, 4) is 0 Å². The average Bonchev–Trinajstić information content (AvgIpc) is 2.80. The quantitative estimate of drug-likeness (QED) is 0.825. The molecule has 1 saturated heterocycles. The Morgan fingerprint density at radius 3 is 2.74 bits per heavy atom. The van der Waals surface area contributed by atoms with Crippen molar-refractivity contribution in [2.45, 2.75) is 12.3 Å². The molecule has 0 radical (unpaired) electrons. The van der Waals surface area contributed by atoms with E-state index >= 15 is 0 Å². The molecule has 0 spiro atoms. The molecule has 19 heavy (non-hydrogen) atoms. The number of nitrogens with zero attached hydrogens (tertiary/aromatic N) is 1. The molecule has 1 aromatic rings. The molecule has 1 fully saturated rings. The van der Waals surface area contributed by atoms with Crippen LogP contribution < -0.4 is 5.32 Å². The van der Waals surface area contributed by atoms with E-state index in [-0.39, 0.29) is 18.2 Å².